The highest BCUT2D eigenvalue weighted by Crippen LogP contribution is 2.19. The molecule has 1 heterocycles. The van der Waals surface area contributed by atoms with Crippen LogP contribution < -0.4 is 5.73 Å². The standard InChI is InChI=1S/C15H19N3/c1-4-12-5-7-13(8-6-12)15-17-10(2)14(9-16)11(3)18-15/h5-8H,4,9,16H2,1-3H3. The number of aromatic nitrogens is 2. The molecule has 0 unspecified atom stereocenters. The monoisotopic (exact) mass is 241 g/mol. The molecular weight excluding hydrogens is 222 g/mol. The zero-order valence-corrected chi connectivity index (χ0v) is 11.2. The van der Waals surface area contributed by atoms with Gasteiger partial charge in [-0.25, -0.2) is 9.97 Å². The van der Waals surface area contributed by atoms with Crippen LogP contribution in [0, 0.1) is 13.8 Å². The zero-order valence-electron chi connectivity index (χ0n) is 11.2. The highest BCUT2D eigenvalue weighted by molar-refractivity contribution is 5.56. The number of hydrogen-bond donors (Lipinski definition) is 1. The number of rotatable bonds is 3. The first kappa shape index (κ1) is 12.7. The van der Waals surface area contributed by atoms with Gasteiger partial charge in [0.1, 0.15) is 0 Å². The minimum absolute atomic E-state index is 0.493. The molecule has 0 fully saturated rings. The molecule has 1 aromatic heterocycles. The molecule has 2 aromatic rings. The lowest BCUT2D eigenvalue weighted by Gasteiger charge is -2.09. The summed E-state index contributed by atoms with van der Waals surface area (Å²) in [5.74, 6) is 0.782. The average Bonchev–Trinajstić information content (AvgIpc) is 2.38. The van der Waals surface area contributed by atoms with Gasteiger partial charge in [0.2, 0.25) is 0 Å². The van der Waals surface area contributed by atoms with Gasteiger partial charge in [-0.2, -0.15) is 0 Å². The van der Waals surface area contributed by atoms with Crippen LogP contribution in [0.2, 0.25) is 0 Å². The van der Waals surface area contributed by atoms with Gasteiger partial charge < -0.3 is 5.73 Å². The summed E-state index contributed by atoms with van der Waals surface area (Å²) in [5, 5.41) is 0. The minimum atomic E-state index is 0.493. The molecular formula is C15H19N3. The van der Waals surface area contributed by atoms with E-state index in [4.69, 9.17) is 5.73 Å². The number of nitrogens with two attached hydrogens (primary N) is 1. The molecule has 0 aliphatic heterocycles. The second-order valence-electron chi connectivity index (χ2n) is 4.45. The van der Waals surface area contributed by atoms with Crippen molar-refractivity contribution in [3.05, 3.63) is 46.8 Å². The maximum atomic E-state index is 5.70. The molecule has 0 bridgehead atoms. The Hall–Kier alpha value is -1.74. The Morgan fingerprint density at radius 1 is 1.00 bits per heavy atom. The Morgan fingerprint density at radius 2 is 1.56 bits per heavy atom. The SMILES string of the molecule is CCc1ccc(-c2nc(C)c(CN)c(C)n2)cc1. The second-order valence-corrected chi connectivity index (χ2v) is 4.45. The van der Waals surface area contributed by atoms with Gasteiger partial charge in [0.05, 0.1) is 0 Å². The molecule has 0 saturated heterocycles. The topological polar surface area (TPSA) is 51.8 Å². The van der Waals surface area contributed by atoms with Gasteiger partial charge in [-0.15, -0.1) is 0 Å². The van der Waals surface area contributed by atoms with E-state index in [1.54, 1.807) is 0 Å². The first-order valence-electron chi connectivity index (χ1n) is 6.29. The Balaban J connectivity index is 2.44. The fourth-order valence-corrected chi connectivity index (χ4v) is 2.05. The largest absolute Gasteiger partial charge is 0.326 e. The van der Waals surface area contributed by atoms with Crippen molar-refractivity contribution in [2.75, 3.05) is 0 Å². The molecule has 2 N–H and O–H groups in total. The van der Waals surface area contributed by atoms with Gasteiger partial charge in [-0.1, -0.05) is 31.2 Å². The summed E-state index contributed by atoms with van der Waals surface area (Å²) in [7, 11) is 0. The highest BCUT2D eigenvalue weighted by atomic mass is 14.9. The van der Waals surface area contributed by atoms with Gasteiger partial charge in [0.15, 0.2) is 5.82 Å². The third-order valence-corrected chi connectivity index (χ3v) is 3.25. The maximum Gasteiger partial charge on any atom is 0.159 e. The van der Waals surface area contributed by atoms with Crippen molar-refractivity contribution in [2.24, 2.45) is 5.73 Å². The zero-order chi connectivity index (χ0) is 13.1. The molecule has 18 heavy (non-hydrogen) atoms. The molecule has 3 nitrogen and oxygen atoms in total. The highest BCUT2D eigenvalue weighted by Gasteiger charge is 2.08. The van der Waals surface area contributed by atoms with Crippen LogP contribution >= 0.6 is 0 Å². The number of nitrogens with zero attached hydrogens (tertiary/aromatic N) is 2. The molecule has 0 aliphatic rings. The first-order valence-corrected chi connectivity index (χ1v) is 6.29. The molecule has 0 amide bonds. The molecule has 3 heteroatoms. The molecule has 94 valence electrons. The molecule has 2 rings (SSSR count). The number of aryl methyl sites for hydroxylation is 3. The maximum absolute atomic E-state index is 5.70. The predicted molar refractivity (Wildman–Crippen MR) is 74.2 cm³/mol. The number of hydrogen-bond acceptors (Lipinski definition) is 3. The Labute approximate surface area is 108 Å². The van der Waals surface area contributed by atoms with E-state index in [9.17, 15) is 0 Å². The summed E-state index contributed by atoms with van der Waals surface area (Å²) in [5.41, 5.74) is 11.1. The Bertz CT molecular complexity index is 521. The van der Waals surface area contributed by atoms with E-state index in [0.29, 0.717) is 6.54 Å². The molecule has 0 aliphatic carbocycles. The molecule has 1 aromatic carbocycles. The van der Waals surface area contributed by atoms with Crippen LogP contribution in [0.25, 0.3) is 11.4 Å². The van der Waals surface area contributed by atoms with Crippen molar-refractivity contribution < 1.29 is 0 Å². The predicted octanol–water partition coefficient (Wildman–Crippen LogP) is 2.78. The van der Waals surface area contributed by atoms with Gasteiger partial charge in [0.25, 0.3) is 0 Å². The smallest absolute Gasteiger partial charge is 0.159 e. The van der Waals surface area contributed by atoms with Crippen LogP contribution in [0.1, 0.15) is 29.4 Å². The number of benzene rings is 1. The van der Waals surface area contributed by atoms with Crippen molar-refractivity contribution in [1.29, 1.82) is 0 Å². The van der Waals surface area contributed by atoms with E-state index in [0.717, 1.165) is 34.8 Å². The van der Waals surface area contributed by atoms with E-state index < -0.39 is 0 Å². The summed E-state index contributed by atoms with van der Waals surface area (Å²) in [6.45, 7) is 6.62. The normalized spacial score (nSPS) is 10.7. The fourth-order valence-electron chi connectivity index (χ4n) is 2.05. The van der Waals surface area contributed by atoms with E-state index in [2.05, 4.69) is 41.2 Å². The van der Waals surface area contributed by atoms with Crippen LogP contribution in [0.3, 0.4) is 0 Å². The summed E-state index contributed by atoms with van der Waals surface area (Å²) >= 11 is 0. The molecule has 0 atom stereocenters. The molecule has 0 spiro atoms. The van der Waals surface area contributed by atoms with Crippen molar-refractivity contribution in [3.63, 3.8) is 0 Å². The third kappa shape index (κ3) is 2.41. The lowest BCUT2D eigenvalue weighted by molar-refractivity contribution is 0.939. The van der Waals surface area contributed by atoms with Gasteiger partial charge >= 0.3 is 0 Å². The van der Waals surface area contributed by atoms with E-state index in [-0.39, 0.29) is 0 Å². The minimum Gasteiger partial charge on any atom is -0.326 e. The van der Waals surface area contributed by atoms with Crippen LogP contribution in [0.15, 0.2) is 24.3 Å². The van der Waals surface area contributed by atoms with Crippen molar-refractivity contribution >= 4 is 0 Å². The van der Waals surface area contributed by atoms with Crippen LogP contribution in [0.4, 0.5) is 0 Å². The summed E-state index contributed by atoms with van der Waals surface area (Å²) in [6.07, 6.45) is 1.05. The van der Waals surface area contributed by atoms with Crippen LogP contribution in [0.5, 0.6) is 0 Å². The summed E-state index contributed by atoms with van der Waals surface area (Å²) < 4.78 is 0. The second kappa shape index (κ2) is 5.27. The summed E-state index contributed by atoms with van der Waals surface area (Å²) in [4.78, 5) is 9.08. The van der Waals surface area contributed by atoms with Crippen LogP contribution in [-0.4, -0.2) is 9.97 Å². The Morgan fingerprint density at radius 3 is 2.00 bits per heavy atom. The molecule has 0 saturated carbocycles. The first-order chi connectivity index (χ1) is 8.65. The van der Waals surface area contributed by atoms with E-state index in [1.165, 1.54) is 5.56 Å². The average molecular weight is 241 g/mol. The lowest BCUT2D eigenvalue weighted by Crippen LogP contribution is -2.07. The van der Waals surface area contributed by atoms with Gasteiger partial charge in [-0.3, -0.25) is 0 Å². The quantitative estimate of drug-likeness (QED) is 0.899. The van der Waals surface area contributed by atoms with Crippen molar-refractivity contribution in [3.8, 4) is 11.4 Å². The Kier molecular flexibility index (Phi) is 3.72. The van der Waals surface area contributed by atoms with Gasteiger partial charge in [-0.05, 0) is 25.8 Å². The molecule has 0 radical (unpaired) electrons. The third-order valence-electron chi connectivity index (χ3n) is 3.25. The summed E-state index contributed by atoms with van der Waals surface area (Å²) in [6, 6.07) is 8.41. The fraction of sp³-hybridized carbons (Fsp3) is 0.333. The van der Waals surface area contributed by atoms with Crippen molar-refractivity contribution in [1.82, 2.24) is 9.97 Å². The van der Waals surface area contributed by atoms with Crippen LogP contribution in [-0.2, 0) is 13.0 Å². The van der Waals surface area contributed by atoms with E-state index >= 15 is 0 Å². The van der Waals surface area contributed by atoms with Gasteiger partial charge in [0, 0.05) is 29.1 Å². The van der Waals surface area contributed by atoms with Crippen molar-refractivity contribution in [2.45, 2.75) is 33.7 Å². The lowest BCUT2D eigenvalue weighted by atomic mass is 10.1. The van der Waals surface area contributed by atoms with E-state index in [1.807, 2.05) is 13.8 Å².